The molecule has 0 saturated carbocycles. The van der Waals surface area contributed by atoms with E-state index in [-0.39, 0.29) is 54.7 Å². The van der Waals surface area contributed by atoms with Crippen molar-refractivity contribution >= 4 is 23.2 Å². The number of rotatable bonds is 5. The maximum absolute atomic E-state index is 14.1. The predicted molar refractivity (Wildman–Crippen MR) is 120 cm³/mol. The van der Waals surface area contributed by atoms with Gasteiger partial charge in [-0.05, 0) is 67.3 Å². The molecule has 0 spiro atoms. The van der Waals surface area contributed by atoms with Gasteiger partial charge in [-0.1, -0.05) is 12.1 Å². The largest absolute Gasteiger partial charge is 0.488 e. The Bertz CT molecular complexity index is 1160. The Hall–Kier alpha value is -3.42. The topological polar surface area (TPSA) is 61.9 Å². The summed E-state index contributed by atoms with van der Waals surface area (Å²) in [6, 6.07) is 8.65. The molecule has 2 aliphatic heterocycles. The van der Waals surface area contributed by atoms with E-state index in [1.807, 2.05) is 13.8 Å². The van der Waals surface area contributed by atoms with Gasteiger partial charge in [0.15, 0.2) is 11.6 Å². The molecule has 3 amide bonds. The number of anilines is 1. The van der Waals surface area contributed by atoms with Gasteiger partial charge in [-0.25, -0.2) is 13.6 Å². The number of nitrogens with zero attached hydrogens (tertiary/aromatic N) is 2. The smallest absolute Gasteiger partial charge is 0.322 e. The summed E-state index contributed by atoms with van der Waals surface area (Å²) in [6.45, 7) is 4.36. The van der Waals surface area contributed by atoms with E-state index >= 15 is 0 Å². The van der Waals surface area contributed by atoms with E-state index in [4.69, 9.17) is 4.74 Å². The number of carbonyl (C=O) groups is 2. The molecule has 3 aliphatic rings. The number of fused-ring (bicyclic) bond motifs is 3. The fraction of sp³-hybridized carbons (Fsp3) is 0.360. The number of benzene rings is 2. The molecule has 1 saturated heterocycles. The normalized spacial score (nSPS) is 21.2. The minimum absolute atomic E-state index is 0.0606. The third kappa shape index (κ3) is 4.05. The van der Waals surface area contributed by atoms with Gasteiger partial charge in [0.25, 0.3) is 0 Å². The van der Waals surface area contributed by atoms with Crippen LogP contribution < -0.4 is 10.1 Å². The van der Waals surface area contributed by atoms with Crippen molar-refractivity contribution in [2.24, 2.45) is 5.92 Å². The van der Waals surface area contributed by atoms with Gasteiger partial charge in [-0.3, -0.25) is 4.79 Å². The summed E-state index contributed by atoms with van der Waals surface area (Å²) < 4.78 is 33.2. The first-order chi connectivity index (χ1) is 15.8. The minimum atomic E-state index is -0.394. The van der Waals surface area contributed by atoms with E-state index in [0.717, 1.165) is 17.6 Å². The van der Waals surface area contributed by atoms with E-state index in [0.29, 0.717) is 17.8 Å². The van der Waals surface area contributed by atoms with Gasteiger partial charge in [0.2, 0.25) is 5.91 Å². The standard InChI is InChI=1S/C25H25F2N3O3/c1-14(2)33-23-9-15(3-5-21(23)27)20-10-19-8-16(20)12-30(19)24(31)13-29-11-17-7-18(26)4-6-22(17)28-25(29)32/h3-7,9-10,14,16,19H,8,11-13H2,1-2H3,(H,28,32)/t16-,19-/m0/s1. The molecule has 2 heterocycles. The summed E-state index contributed by atoms with van der Waals surface area (Å²) in [4.78, 5) is 28.6. The molecule has 0 radical (unpaired) electrons. The Morgan fingerprint density at radius 2 is 2.03 bits per heavy atom. The molecule has 1 N–H and O–H groups in total. The van der Waals surface area contributed by atoms with E-state index < -0.39 is 5.82 Å². The van der Waals surface area contributed by atoms with Crippen molar-refractivity contribution in [2.45, 2.75) is 39.0 Å². The molecular formula is C25H25F2N3O3. The molecule has 8 heteroatoms. The van der Waals surface area contributed by atoms with Crippen molar-refractivity contribution in [3.63, 3.8) is 0 Å². The molecule has 1 aliphatic carbocycles. The van der Waals surface area contributed by atoms with Crippen LogP contribution in [-0.2, 0) is 11.3 Å². The van der Waals surface area contributed by atoms with Crippen LogP contribution >= 0.6 is 0 Å². The highest BCUT2D eigenvalue weighted by Gasteiger charge is 2.42. The van der Waals surface area contributed by atoms with Crippen LogP contribution in [0.25, 0.3) is 5.57 Å². The van der Waals surface area contributed by atoms with Gasteiger partial charge < -0.3 is 19.9 Å². The van der Waals surface area contributed by atoms with Crippen LogP contribution in [0, 0.1) is 17.6 Å². The van der Waals surface area contributed by atoms with E-state index in [1.165, 1.54) is 29.2 Å². The lowest BCUT2D eigenvalue weighted by Crippen LogP contribution is -2.47. The molecule has 0 aromatic heterocycles. The van der Waals surface area contributed by atoms with E-state index in [1.54, 1.807) is 17.0 Å². The summed E-state index contributed by atoms with van der Waals surface area (Å²) in [7, 11) is 0. The highest BCUT2D eigenvalue weighted by molar-refractivity contribution is 5.95. The summed E-state index contributed by atoms with van der Waals surface area (Å²) in [5, 5.41) is 2.71. The first kappa shape index (κ1) is 21.4. The fourth-order valence-electron chi connectivity index (χ4n) is 4.91. The molecule has 2 bridgehead atoms. The maximum Gasteiger partial charge on any atom is 0.322 e. The molecule has 5 rings (SSSR count). The molecule has 1 fully saturated rings. The summed E-state index contributed by atoms with van der Waals surface area (Å²) in [6.07, 6.45) is 2.73. The third-order valence-electron chi connectivity index (χ3n) is 6.39. The fourth-order valence-corrected chi connectivity index (χ4v) is 4.91. The van der Waals surface area contributed by atoms with Crippen LogP contribution in [0.5, 0.6) is 5.75 Å². The number of urea groups is 1. The molecular weight excluding hydrogens is 428 g/mol. The second-order valence-corrected chi connectivity index (χ2v) is 9.07. The van der Waals surface area contributed by atoms with Crippen LogP contribution in [-0.4, -0.2) is 47.0 Å². The zero-order valence-corrected chi connectivity index (χ0v) is 18.5. The van der Waals surface area contributed by atoms with Crippen LogP contribution in [0.3, 0.4) is 0 Å². The zero-order valence-electron chi connectivity index (χ0n) is 18.5. The number of nitrogens with one attached hydrogen (secondary N) is 1. The number of carbonyl (C=O) groups excluding carboxylic acids is 2. The number of likely N-dealkylation sites (tertiary alicyclic amines) is 1. The maximum atomic E-state index is 14.1. The van der Waals surface area contributed by atoms with Crippen molar-refractivity contribution in [3.05, 3.63) is 65.2 Å². The predicted octanol–water partition coefficient (Wildman–Crippen LogP) is 4.41. The van der Waals surface area contributed by atoms with Gasteiger partial charge in [0, 0.05) is 18.2 Å². The second kappa shape index (κ2) is 8.17. The van der Waals surface area contributed by atoms with Gasteiger partial charge >= 0.3 is 6.03 Å². The Labute approximate surface area is 190 Å². The first-order valence-corrected chi connectivity index (χ1v) is 11.1. The molecule has 172 valence electrons. The molecule has 0 unspecified atom stereocenters. The van der Waals surface area contributed by atoms with E-state index in [9.17, 15) is 18.4 Å². The van der Waals surface area contributed by atoms with Crippen LogP contribution in [0.1, 0.15) is 31.4 Å². The molecule has 2 aromatic rings. The number of amides is 3. The number of hydrogen-bond donors (Lipinski definition) is 1. The molecule has 6 nitrogen and oxygen atoms in total. The minimum Gasteiger partial charge on any atom is -0.488 e. The summed E-state index contributed by atoms with van der Waals surface area (Å²) in [5.74, 6) is -0.535. The average molecular weight is 453 g/mol. The Balaban J connectivity index is 1.28. The lowest BCUT2D eigenvalue weighted by atomic mass is 9.95. The van der Waals surface area contributed by atoms with Crippen LogP contribution in [0.15, 0.2) is 42.5 Å². The van der Waals surface area contributed by atoms with Gasteiger partial charge in [-0.15, -0.1) is 0 Å². The van der Waals surface area contributed by atoms with Crippen molar-refractivity contribution in [3.8, 4) is 5.75 Å². The summed E-state index contributed by atoms with van der Waals surface area (Å²) >= 11 is 0. The quantitative estimate of drug-likeness (QED) is 0.730. The first-order valence-electron chi connectivity index (χ1n) is 11.1. The second-order valence-electron chi connectivity index (χ2n) is 9.07. The van der Waals surface area contributed by atoms with Gasteiger partial charge in [0.05, 0.1) is 18.7 Å². The highest BCUT2D eigenvalue weighted by atomic mass is 19.1. The highest BCUT2D eigenvalue weighted by Crippen LogP contribution is 2.43. The molecule has 2 atom stereocenters. The van der Waals surface area contributed by atoms with Gasteiger partial charge in [-0.2, -0.15) is 0 Å². The summed E-state index contributed by atoms with van der Waals surface area (Å²) in [5.41, 5.74) is 3.21. The molecule has 33 heavy (non-hydrogen) atoms. The monoisotopic (exact) mass is 453 g/mol. The number of hydrogen-bond acceptors (Lipinski definition) is 3. The van der Waals surface area contributed by atoms with Crippen molar-refractivity contribution in [2.75, 3.05) is 18.4 Å². The van der Waals surface area contributed by atoms with Gasteiger partial charge in [0.1, 0.15) is 12.4 Å². The van der Waals surface area contributed by atoms with Crippen molar-refractivity contribution in [1.82, 2.24) is 9.80 Å². The zero-order chi connectivity index (χ0) is 23.3. The van der Waals surface area contributed by atoms with Crippen LogP contribution in [0.2, 0.25) is 0 Å². The lowest BCUT2D eigenvalue weighted by Gasteiger charge is -2.32. The van der Waals surface area contributed by atoms with E-state index in [2.05, 4.69) is 11.4 Å². The molecule has 2 aromatic carbocycles. The Morgan fingerprint density at radius 1 is 1.21 bits per heavy atom. The van der Waals surface area contributed by atoms with Crippen molar-refractivity contribution in [1.29, 1.82) is 0 Å². The SMILES string of the molecule is CC(C)Oc1cc(C2=C[C@@H]3C[C@H]2CN3C(=O)CN2Cc3cc(F)ccc3NC2=O)ccc1F. The lowest BCUT2D eigenvalue weighted by molar-refractivity contribution is -0.132. The van der Waals surface area contributed by atoms with Crippen LogP contribution in [0.4, 0.5) is 19.3 Å². The average Bonchev–Trinajstić information content (AvgIpc) is 3.37. The number of halogens is 2. The van der Waals surface area contributed by atoms with Crippen molar-refractivity contribution < 1.29 is 23.1 Å². The third-order valence-corrected chi connectivity index (χ3v) is 6.39. The number of ether oxygens (including phenoxy) is 1. The Kier molecular flexibility index (Phi) is 5.31. The Morgan fingerprint density at radius 3 is 2.76 bits per heavy atom.